The number of aliphatic hydroxyl groups excluding tert-OH is 1. The predicted octanol–water partition coefficient (Wildman–Crippen LogP) is 4.25. The zero-order chi connectivity index (χ0) is 26.6. The highest BCUT2D eigenvalue weighted by molar-refractivity contribution is 7.47. The van der Waals surface area contributed by atoms with Crippen LogP contribution in [0.3, 0.4) is 0 Å². The Kier molecular flexibility index (Phi) is 9.83. The maximum absolute atomic E-state index is 12.5. The molecule has 0 radical (unpaired) electrons. The smallest absolute Gasteiger partial charge is 0.388 e. The molecule has 5 atom stereocenters. The summed E-state index contributed by atoms with van der Waals surface area (Å²) in [5.74, 6) is -0.199. The molecular weight excluding hydrogens is 473 g/mol. The first kappa shape index (κ1) is 29.6. The van der Waals surface area contributed by atoms with Gasteiger partial charge in [-0.3, -0.25) is 9.05 Å². The maximum Gasteiger partial charge on any atom is 0.472 e. The van der Waals surface area contributed by atoms with Crippen LogP contribution in [0.5, 0.6) is 0 Å². The molecule has 0 saturated heterocycles. The lowest BCUT2D eigenvalue weighted by molar-refractivity contribution is -0.155. The number of aliphatic hydroxyl groups is 1. The number of nitrogen functional groups attached to an aromatic ring is 1. The number of nitrogens with two attached hydrogens (primary N) is 1. The summed E-state index contributed by atoms with van der Waals surface area (Å²) in [6.07, 6.45) is 3.34. The molecule has 0 spiro atoms. The number of hydrogen-bond donors (Lipinski definition) is 3. The molecule has 0 aliphatic rings. The van der Waals surface area contributed by atoms with E-state index in [2.05, 4.69) is 21.9 Å². The number of phosphoric acid groups is 1. The number of ether oxygens (including phenoxy) is 1. The molecule has 2 aromatic rings. The third-order valence-electron chi connectivity index (χ3n) is 6.24. The number of imidazole rings is 1. The van der Waals surface area contributed by atoms with E-state index in [1.165, 1.54) is 6.33 Å². The van der Waals surface area contributed by atoms with Crippen LogP contribution in [-0.4, -0.2) is 59.5 Å². The number of hydrogen-bond acceptors (Lipinski definition) is 9. The van der Waals surface area contributed by atoms with Crippen molar-refractivity contribution in [1.82, 2.24) is 19.5 Å². The SMILES string of the molecule is CCCC(C)(C)OC(C(C)COP(=O)(O)OC(C)(C)CC)C(O)C(C)n1cnc2c(N)ncnc21. The second-order valence-electron chi connectivity index (χ2n) is 10.4. The third kappa shape index (κ3) is 7.93. The van der Waals surface area contributed by atoms with Gasteiger partial charge in [0.2, 0.25) is 0 Å². The van der Waals surface area contributed by atoms with E-state index in [9.17, 15) is 14.6 Å². The molecule has 0 aliphatic heterocycles. The predicted molar refractivity (Wildman–Crippen MR) is 135 cm³/mol. The van der Waals surface area contributed by atoms with Gasteiger partial charge in [-0.25, -0.2) is 19.5 Å². The molecule has 2 heterocycles. The summed E-state index contributed by atoms with van der Waals surface area (Å²) < 4.78 is 31.3. The van der Waals surface area contributed by atoms with Crippen LogP contribution < -0.4 is 5.73 Å². The van der Waals surface area contributed by atoms with E-state index < -0.39 is 43.2 Å². The number of fused-ring (bicyclic) bond motifs is 1. The van der Waals surface area contributed by atoms with Crippen molar-refractivity contribution in [2.45, 2.75) is 104 Å². The van der Waals surface area contributed by atoms with Crippen LogP contribution in [0.15, 0.2) is 12.7 Å². The monoisotopic (exact) mass is 515 g/mol. The van der Waals surface area contributed by atoms with Gasteiger partial charge in [-0.1, -0.05) is 27.2 Å². The lowest BCUT2D eigenvalue weighted by atomic mass is 9.93. The lowest BCUT2D eigenvalue weighted by Crippen LogP contribution is -2.46. The van der Waals surface area contributed by atoms with Crippen LogP contribution in [0.2, 0.25) is 0 Å². The van der Waals surface area contributed by atoms with Gasteiger partial charge >= 0.3 is 7.82 Å². The summed E-state index contributed by atoms with van der Waals surface area (Å²) in [5.41, 5.74) is 5.50. The van der Waals surface area contributed by atoms with Crippen molar-refractivity contribution < 1.29 is 28.3 Å². The summed E-state index contributed by atoms with van der Waals surface area (Å²) in [5, 5.41) is 11.5. The van der Waals surface area contributed by atoms with Crippen molar-refractivity contribution in [3.8, 4) is 0 Å². The average Bonchev–Trinajstić information content (AvgIpc) is 3.20. The van der Waals surface area contributed by atoms with E-state index >= 15 is 0 Å². The standard InChI is InChI=1S/C23H42N5O6P/c1-9-11-23(7,8)33-19(15(3)12-32-35(30,31)34-22(5,6)10-2)18(29)16(4)28-14-27-17-20(24)25-13-26-21(17)28/h13-16,18-19,29H,9-12H2,1-8H3,(H,30,31)(H2,24,25,26). The topological polar surface area (TPSA) is 155 Å². The van der Waals surface area contributed by atoms with E-state index in [1.807, 2.05) is 27.7 Å². The third-order valence-corrected chi connectivity index (χ3v) is 7.44. The van der Waals surface area contributed by atoms with Crippen molar-refractivity contribution >= 4 is 24.8 Å². The number of anilines is 1. The fraction of sp³-hybridized carbons (Fsp3) is 0.783. The molecule has 2 rings (SSSR count). The Morgan fingerprint density at radius 2 is 1.80 bits per heavy atom. The van der Waals surface area contributed by atoms with E-state index in [0.717, 1.165) is 12.8 Å². The summed E-state index contributed by atoms with van der Waals surface area (Å²) in [7, 11) is -4.31. The van der Waals surface area contributed by atoms with Crippen LogP contribution in [-0.2, 0) is 18.3 Å². The van der Waals surface area contributed by atoms with E-state index in [4.69, 9.17) is 19.5 Å². The van der Waals surface area contributed by atoms with E-state index in [1.54, 1.807) is 31.7 Å². The normalized spacial score (nSPS) is 18.2. The molecule has 0 aliphatic carbocycles. The van der Waals surface area contributed by atoms with Crippen molar-refractivity contribution in [2.75, 3.05) is 12.3 Å². The molecule has 11 nitrogen and oxygen atoms in total. The molecule has 200 valence electrons. The molecule has 0 aromatic carbocycles. The summed E-state index contributed by atoms with van der Waals surface area (Å²) in [6, 6.07) is -0.504. The second kappa shape index (κ2) is 11.6. The molecule has 5 unspecified atom stereocenters. The molecule has 0 amide bonds. The molecule has 2 aromatic heterocycles. The van der Waals surface area contributed by atoms with Crippen LogP contribution in [0, 0.1) is 5.92 Å². The van der Waals surface area contributed by atoms with Crippen LogP contribution >= 0.6 is 7.82 Å². The average molecular weight is 516 g/mol. The highest BCUT2D eigenvalue weighted by atomic mass is 31.2. The maximum atomic E-state index is 12.5. The van der Waals surface area contributed by atoms with E-state index in [-0.39, 0.29) is 12.4 Å². The van der Waals surface area contributed by atoms with Crippen LogP contribution in [0.25, 0.3) is 11.2 Å². The van der Waals surface area contributed by atoms with Crippen molar-refractivity contribution in [1.29, 1.82) is 0 Å². The van der Waals surface area contributed by atoms with Gasteiger partial charge in [0, 0.05) is 5.92 Å². The first-order chi connectivity index (χ1) is 16.1. The number of phosphoric ester groups is 1. The fourth-order valence-corrected chi connectivity index (χ4v) is 5.10. The number of nitrogens with zero attached hydrogens (tertiary/aromatic N) is 4. The van der Waals surface area contributed by atoms with Crippen molar-refractivity contribution in [3.63, 3.8) is 0 Å². The highest BCUT2D eigenvalue weighted by Gasteiger charge is 2.38. The first-order valence-corrected chi connectivity index (χ1v) is 13.6. The molecule has 35 heavy (non-hydrogen) atoms. The van der Waals surface area contributed by atoms with Gasteiger partial charge in [-0.15, -0.1) is 0 Å². The Labute approximate surface area is 208 Å². The van der Waals surface area contributed by atoms with Crippen LogP contribution in [0.4, 0.5) is 5.82 Å². The quantitative estimate of drug-likeness (QED) is 0.311. The Hall–Kier alpha value is -1.62. The second-order valence-corrected chi connectivity index (χ2v) is 11.7. The van der Waals surface area contributed by atoms with Gasteiger partial charge in [0.1, 0.15) is 17.9 Å². The highest BCUT2D eigenvalue weighted by Crippen LogP contribution is 2.48. The van der Waals surface area contributed by atoms with Gasteiger partial charge < -0.3 is 25.0 Å². The van der Waals surface area contributed by atoms with Crippen molar-refractivity contribution in [3.05, 3.63) is 12.7 Å². The Morgan fingerprint density at radius 3 is 2.40 bits per heavy atom. The molecule has 12 heteroatoms. The van der Waals surface area contributed by atoms with Gasteiger partial charge in [0.15, 0.2) is 11.5 Å². The van der Waals surface area contributed by atoms with E-state index in [0.29, 0.717) is 17.6 Å². The summed E-state index contributed by atoms with van der Waals surface area (Å²) in [4.78, 5) is 22.8. The zero-order valence-corrected chi connectivity index (χ0v) is 23.0. The zero-order valence-electron chi connectivity index (χ0n) is 22.1. The van der Waals surface area contributed by atoms with Gasteiger partial charge in [0.05, 0.1) is 36.3 Å². The van der Waals surface area contributed by atoms with Gasteiger partial charge in [-0.2, -0.15) is 0 Å². The minimum Gasteiger partial charge on any atom is -0.388 e. The van der Waals surface area contributed by atoms with Gasteiger partial charge in [-0.05, 0) is 47.5 Å². The lowest BCUT2D eigenvalue weighted by Gasteiger charge is -2.38. The summed E-state index contributed by atoms with van der Waals surface area (Å²) >= 11 is 0. The number of rotatable bonds is 14. The minimum absolute atomic E-state index is 0.149. The Balaban J connectivity index is 2.28. The summed E-state index contributed by atoms with van der Waals surface area (Å²) in [6.45, 7) is 14.8. The van der Waals surface area contributed by atoms with Crippen LogP contribution in [0.1, 0.15) is 80.7 Å². The van der Waals surface area contributed by atoms with Crippen molar-refractivity contribution in [2.24, 2.45) is 5.92 Å². The number of aromatic nitrogens is 4. The molecule has 4 N–H and O–H groups in total. The molecular formula is C23H42N5O6P. The molecule has 0 saturated carbocycles. The first-order valence-electron chi connectivity index (χ1n) is 12.1. The Bertz CT molecular complexity index is 1010. The molecule has 0 bridgehead atoms. The molecule has 0 fully saturated rings. The largest absolute Gasteiger partial charge is 0.472 e. The minimum atomic E-state index is -4.31. The Morgan fingerprint density at radius 1 is 1.14 bits per heavy atom. The van der Waals surface area contributed by atoms with Gasteiger partial charge in [0.25, 0.3) is 0 Å². The fourth-order valence-electron chi connectivity index (χ4n) is 3.87.